The second kappa shape index (κ2) is 11.0. The van der Waals surface area contributed by atoms with Crippen LogP contribution in [0, 0.1) is 5.92 Å². The molecule has 0 spiro atoms. The first-order chi connectivity index (χ1) is 12.3. The normalized spacial score (nSPS) is 23.8. The summed E-state index contributed by atoms with van der Waals surface area (Å²) in [6, 6.07) is 11.2. The maximum absolute atomic E-state index is 4.87. The molecular weight excluding hydrogens is 437 g/mol. The van der Waals surface area contributed by atoms with Crippen LogP contribution in [0.25, 0.3) is 0 Å². The first-order valence-electron chi connectivity index (χ1n) is 9.85. The highest BCUT2D eigenvalue weighted by Crippen LogP contribution is 2.20. The number of hydrogen-bond acceptors (Lipinski definition) is 3. The maximum Gasteiger partial charge on any atom is 0.191 e. The summed E-state index contributed by atoms with van der Waals surface area (Å²) in [5.74, 6) is 1.69. The molecule has 5 nitrogen and oxygen atoms in total. The fraction of sp³-hybridized carbons (Fsp3) is 0.650. The number of rotatable bonds is 6. The Morgan fingerprint density at radius 1 is 1.12 bits per heavy atom. The van der Waals surface area contributed by atoms with Crippen molar-refractivity contribution in [2.24, 2.45) is 10.9 Å². The van der Waals surface area contributed by atoms with Gasteiger partial charge in [-0.25, -0.2) is 0 Å². The van der Waals surface area contributed by atoms with Gasteiger partial charge >= 0.3 is 0 Å². The number of anilines is 1. The van der Waals surface area contributed by atoms with E-state index in [1.54, 1.807) is 0 Å². The largest absolute Gasteiger partial charge is 0.369 e. The monoisotopic (exact) mass is 471 g/mol. The molecule has 0 aromatic heterocycles. The van der Waals surface area contributed by atoms with E-state index >= 15 is 0 Å². The molecule has 2 unspecified atom stereocenters. The molecule has 6 heteroatoms. The van der Waals surface area contributed by atoms with Gasteiger partial charge in [-0.1, -0.05) is 25.1 Å². The quantitative estimate of drug-likeness (QED) is 0.381. The van der Waals surface area contributed by atoms with Crippen molar-refractivity contribution in [2.75, 3.05) is 50.7 Å². The van der Waals surface area contributed by atoms with Crippen LogP contribution in [0.1, 0.15) is 26.7 Å². The van der Waals surface area contributed by atoms with E-state index in [1.807, 2.05) is 0 Å². The molecule has 2 atom stereocenters. The zero-order chi connectivity index (χ0) is 17.5. The van der Waals surface area contributed by atoms with Crippen molar-refractivity contribution in [3.8, 4) is 0 Å². The van der Waals surface area contributed by atoms with Gasteiger partial charge in [0.25, 0.3) is 0 Å². The summed E-state index contributed by atoms with van der Waals surface area (Å²) in [7, 11) is 0. The van der Waals surface area contributed by atoms with Crippen molar-refractivity contribution in [1.82, 2.24) is 15.5 Å². The van der Waals surface area contributed by atoms with Crippen LogP contribution in [0.4, 0.5) is 5.69 Å². The van der Waals surface area contributed by atoms with Crippen molar-refractivity contribution < 1.29 is 0 Å². The average Bonchev–Trinajstić information content (AvgIpc) is 3.30. The Balaban J connectivity index is 0.00000243. The molecule has 1 aromatic carbocycles. The number of likely N-dealkylation sites (tertiary alicyclic amines) is 1. The van der Waals surface area contributed by atoms with E-state index < -0.39 is 0 Å². The van der Waals surface area contributed by atoms with Gasteiger partial charge < -0.3 is 20.4 Å². The second-order valence-corrected chi connectivity index (χ2v) is 7.18. The minimum absolute atomic E-state index is 0. The number of halogens is 1. The molecule has 2 aliphatic rings. The Labute approximate surface area is 175 Å². The highest BCUT2D eigenvalue weighted by molar-refractivity contribution is 14.0. The Kier molecular flexibility index (Phi) is 8.98. The molecule has 0 amide bonds. The van der Waals surface area contributed by atoms with E-state index in [-0.39, 0.29) is 24.0 Å². The third-order valence-electron chi connectivity index (χ3n) is 5.32. The summed E-state index contributed by atoms with van der Waals surface area (Å²) in [5.41, 5.74) is 1.32. The van der Waals surface area contributed by atoms with Gasteiger partial charge in [-0.05, 0) is 50.9 Å². The number of benzene rings is 1. The first-order valence-corrected chi connectivity index (χ1v) is 9.85. The molecule has 0 aliphatic carbocycles. The summed E-state index contributed by atoms with van der Waals surface area (Å²) < 4.78 is 0. The summed E-state index contributed by atoms with van der Waals surface area (Å²) in [6.45, 7) is 12.0. The van der Waals surface area contributed by atoms with Crippen LogP contribution >= 0.6 is 24.0 Å². The Morgan fingerprint density at radius 2 is 1.92 bits per heavy atom. The smallest absolute Gasteiger partial charge is 0.191 e. The standard InChI is InChI=1S/C20H33N5.HI/c1-3-21-20(22-14-17-10-12-24(4-2)15-17)23-18-11-13-25(16-18)19-8-6-5-7-9-19;/h5-9,17-18H,3-4,10-16H2,1-2H3,(H2,21,22,23);1H. The number of guanidine groups is 1. The highest BCUT2D eigenvalue weighted by atomic mass is 127. The molecule has 2 N–H and O–H groups in total. The summed E-state index contributed by atoms with van der Waals surface area (Å²) >= 11 is 0. The molecule has 2 saturated heterocycles. The lowest BCUT2D eigenvalue weighted by atomic mass is 10.1. The Hall–Kier alpha value is -1.02. The first kappa shape index (κ1) is 21.3. The topological polar surface area (TPSA) is 42.9 Å². The summed E-state index contributed by atoms with van der Waals surface area (Å²) in [6.07, 6.45) is 2.44. The molecule has 0 saturated carbocycles. The van der Waals surface area contributed by atoms with Crippen molar-refractivity contribution in [3.63, 3.8) is 0 Å². The van der Waals surface area contributed by atoms with Crippen LogP contribution in [-0.4, -0.2) is 62.7 Å². The zero-order valence-electron chi connectivity index (χ0n) is 16.2. The third kappa shape index (κ3) is 6.01. The SMILES string of the molecule is CCNC(=NCC1CCN(CC)C1)NC1CCN(c2ccccc2)C1.I. The fourth-order valence-electron chi connectivity index (χ4n) is 3.83. The van der Waals surface area contributed by atoms with Crippen molar-refractivity contribution in [3.05, 3.63) is 30.3 Å². The molecule has 0 radical (unpaired) electrons. The minimum Gasteiger partial charge on any atom is -0.369 e. The van der Waals surface area contributed by atoms with Gasteiger partial charge in [0.1, 0.15) is 0 Å². The lowest BCUT2D eigenvalue weighted by molar-refractivity contribution is 0.343. The summed E-state index contributed by atoms with van der Waals surface area (Å²) in [5, 5.41) is 7.07. The predicted molar refractivity (Wildman–Crippen MR) is 122 cm³/mol. The van der Waals surface area contributed by atoms with Crippen molar-refractivity contribution in [1.29, 1.82) is 0 Å². The van der Waals surface area contributed by atoms with E-state index in [4.69, 9.17) is 4.99 Å². The minimum atomic E-state index is 0. The van der Waals surface area contributed by atoms with Gasteiger partial charge in [0.15, 0.2) is 5.96 Å². The van der Waals surface area contributed by atoms with Crippen LogP contribution < -0.4 is 15.5 Å². The van der Waals surface area contributed by atoms with Crippen LogP contribution in [0.5, 0.6) is 0 Å². The number of para-hydroxylation sites is 1. The Morgan fingerprint density at radius 3 is 2.62 bits per heavy atom. The predicted octanol–water partition coefficient (Wildman–Crippen LogP) is 2.78. The molecule has 146 valence electrons. The van der Waals surface area contributed by atoms with Crippen LogP contribution in [0.2, 0.25) is 0 Å². The number of aliphatic imine (C=N–C) groups is 1. The summed E-state index contributed by atoms with van der Waals surface area (Å²) in [4.78, 5) is 9.85. The van der Waals surface area contributed by atoms with Gasteiger partial charge in [-0.15, -0.1) is 24.0 Å². The third-order valence-corrected chi connectivity index (χ3v) is 5.32. The van der Waals surface area contributed by atoms with Crippen LogP contribution in [-0.2, 0) is 0 Å². The van der Waals surface area contributed by atoms with Crippen molar-refractivity contribution >= 4 is 35.6 Å². The Bertz CT molecular complexity index is 550. The average molecular weight is 471 g/mol. The maximum atomic E-state index is 4.87. The molecule has 2 heterocycles. The number of nitrogens with zero attached hydrogens (tertiary/aromatic N) is 3. The molecule has 2 aliphatic heterocycles. The number of hydrogen-bond donors (Lipinski definition) is 2. The van der Waals surface area contributed by atoms with E-state index in [0.29, 0.717) is 12.0 Å². The van der Waals surface area contributed by atoms with E-state index in [2.05, 4.69) is 64.6 Å². The van der Waals surface area contributed by atoms with Gasteiger partial charge in [0.05, 0.1) is 0 Å². The molecule has 2 fully saturated rings. The van der Waals surface area contributed by atoms with Crippen LogP contribution in [0.3, 0.4) is 0 Å². The lowest BCUT2D eigenvalue weighted by Gasteiger charge is -2.20. The zero-order valence-corrected chi connectivity index (χ0v) is 18.5. The van der Waals surface area contributed by atoms with E-state index in [9.17, 15) is 0 Å². The van der Waals surface area contributed by atoms with E-state index in [1.165, 1.54) is 25.2 Å². The van der Waals surface area contributed by atoms with Crippen LogP contribution in [0.15, 0.2) is 35.3 Å². The van der Waals surface area contributed by atoms with E-state index in [0.717, 1.165) is 45.1 Å². The molecule has 1 aromatic rings. The van der Waals surface area contributed by atoms with Gasteiger partial charge in [0, 0.05) is 44.5 Å². The van der Waals surface area contributed by atoms with Gasteiger partial charge in [0.2, 0.25) is 0 Å². The molecule has 26 heavy (non-hydrogen) atoms. The number of nitrogens with one attached hydrogen (secondary N) is 2. The second-order valence-electron chi connectivity index (χ2n) is 7.18. The van der Waals surface area contributed by atoms with Gasteiger partial charge in [-0.3, -0.25) is 4.99 Å². The molecular formula is C20H34IN5. The fourth-order valence-corrected chi connectivity index (χ4v) is 3.83. The van der Waals surface area contributed by atoms with Crippen molar-refractivity contribution in [2.45, 2.75) is 32.7 Å². The van der Waals surface area contributed by atoms with Gasteiger partial charge in [-0.2, -0.15) is 0 Å². The highest BCUT2D eigenvalue weighted by Gasteiger charge is 2.24. The molecule has 0 bridgehead atoms. The lowest BCUT2D eigenvalue weighted by Crippen LogP contribution is -2.45. The molecule has 3 rings (SSSR count).